The number of ether oxygens (including phenoxy) is 1. The molecule has 170 valence electrons. The number of nitrogens with zero attached hydrogens (tertiary/aromatic N) is 4. The van der Waals surface area contributed by atoms with E-state index in [4.69, 9.17) is 10.5 Å². The van der Waals surface area contributed by atoms with Crippen molar-refractivity contribution < 1.29 is 14.3 Å². The zero-order valence-corrected chi connectivity index (χ0v) is 18.4. The Kier molecular flexibility index (Phi) is 6.72. The fourth-order valence-corrected chi connectivity index (χ4v) is 4.29. The molecule has 3 N–H and O–H groups in total. The number of imidazole rings is 1. The van der Waals surface area contributed by atoms with Crippen molar-refractivity contribution in [3.8, 4) is 5.75 Å². The molecule has 2 aromatic rings. The van der Waals surface area contributed by atoms with Gasteiger partial charge in [0.25, 0.3) is 5.91 Å². The number of rotatable bonds is 11. The van der Waals surface area contributed by atoms with E-state index in [1.165, 1.54) is 25.7 Å². The van der Waals surface area contributed by atoms with Crippen molar-refractivity contribution in [2.24, 2.45) is 10.7 Å². The molecule has 3 heterocycles. The molecule has 1 aromatic carbocycles. The van der Waals surface area contributed by atoms with Crippen LogP contribution < -0.4 is 15.8 Å². The van der Waals surface area contributed by atoms with Gasteiger partial charge in [0.2, 0.25) is 11.9 Å². The molecule has 0 spiro atoms. The number of aryl methyl sites for hydroxylation is 1. The first kappa shape index (κ1) is 21.9. The Labute approximate surface area is 187 Å². The number of hydrogen-bond acceptors (Lipinski definition) is 6. The predicted molar refractivity (Wildman–Crippen MR) is 120 cm³/mol. The SMILES string of the molecule is CC1c2cc(OCCCCCCCCn3ccnc3)ccc2N=C2NC(=O)C(C(N)=O)N21. The second-order valence-electron chi connectivity index (χ2n) is 8.30. The van der Waals surface area contributed by atoms with E-state index in [0.29, 0.717) is 12.6 Å². The Morgan fingerprint density at radius 3 is 2.72 bits per heavy atom. The molecule has 2 atom stereocenters. The highest BCUT2D eigenvalue weighted by atomic mass is 16.5. The van der Waals surface area contributed by atoms with Gasteiger partial charge >= 0.3 is 0 Å². The molecule has 1 aromatic heterocycles. The van der Waals surface area contributed by atoms with Gasteiger partial charge in [-0.25, -0.2) is 9.98 Å². The van der Waals surface area contributed by atoms with Crippen LogP contribution >= 0.6 is 0 Å². The van der Waals surface area contributed by atoms with E-state index in [1.54, 1.807) is 4.90 Å². The molecule has 0 aliphatic carbocycles. The van der Waals surface area contributed by atoms with Gasteiger partial charge in [-0.05, 0) is 38.0 Å². The number of amides is 2. The lowest BCUT2D eigenvalue weighted by Crippen LogP contribution is -2.47. The van der Waals surface area contributed by atoms with Crippen molar-refractivity contribution in [2.45, 2.75) is 64.1 Å². The first-order chi connectivity index (χ1) is 15.5. The number of benzene rings is 1. The van der Waals surface area contributed by atoms with Crippen LogP contribution in [0.25, 0.3) is 0 Å². The average Bonchev–Trinajstić information content (AvgIpc) is 3.40. The zero-order chi connectivity index (χ0) is 22.5. The summed E-state index contributed by atoms with van der Waals surface area (Å²) in [6, 6.07) is 4.46. The van der Waals surface area contributed by atoms with Gasteiger partial charge in [0.05, 0.1) is 24.7 Å². The molecular weight excluding hydrogens is 408 g/mol. The molecule has 2 aliphatic heterocycles. The van der Waals surface area contributed by atoms with E-state index < -0.39 is 17.9 Å². The van der Waals surface area contributed by atoms with Gasteiger partial charge in [-0.2, -0.15) is 0 Å². The Morgan fingerprint density at radius 1 is 1.19 bits per heavy atom. The van der Waals surface area contributed by atoms with Gasteiger partial charge in [-0.1, -0.05) is 25.7 Å². The van der Waals surface area contributed by atoms with Crippen LogP contribution in [0.15, 0.2) is 41.9 Å². The topological polar surface area (TPSA) is 115 Å². The highest BCUT2D eigenvalue weighted by Gasteiger charge is 2.45. The fourth-order valence-electron chi connectivity index (χ4n) is 4.29. The highest BCUT2D eigenvalue weighted by molar-refractivity contribution is 6.17. The number of unbranched alkanes of at least 4 members (excludes halogenated alkanes) is 5. The molecule has 9 nitrogen and oxygen atoms in total. The molecule has 2 amide bonds. The largest absolute Gasteiger partial charge is 0.494 e. The van der Waals surface area contributed by atoms with Gasteiger partial charge < -0.3 is 19.9 Å². The van der Waals surface area contributed by atoms with E-state index in [-0.39, 0.29) is 6.04 Å². The molecule has 0 radical (unpaired) electrons. The van der Waals surface area contributed by atoms with Gasteiger partial charge in [0.15, 0.2) is 6.04 Å². The van der Waals surface area contributed by atoms with Crippen LogP contribution in [0.4, 0.5) is 5.69 Å². The molecule has 9 heteroatoms. The van der Waals surface area contributed by atoms with Crippen molar-refractivity contribution >= 4 is 23.5 Å². The first-order valence-corrected chi connectivity index (χ1v) is 11.2. The normalized spacial score (nSPS) is 19.2. The van der Waals surface area contributed by atoms with Crippen LogP contribution in [0.2, 0.25) is 0 Å². The Balaban J connectivity index is 1.21. The maximum Gasteiger partial charge on any atom is 0.259 e. The number of hydrogen-bond donors (Lipinski definition) is 2. The molecule has 2 aliphatic rings. The minimum atomic E-state index is -1.04. The minimum absolute atomic E-state index is 0.222. The number of nitrogens with two attached hydrogens (primary N) is 1. The summed E-state index contributed by atoms with van der Waals surface area (Å²) in [4.78, 5) is 34.1. The van der Waals surface area contributed by atoms with E-state index in [0.717, 1.165) is 36.4 Å². The second-order valence-corrected chi connectivity index (χ2v) is 8.30. The number of carbonyl (C=O) groups is 2. The molecule has 4 rings (SSSR count). The first-order valence-electron chi connectivity index (χ1n) is 11.2. The Bertz CT molecular complexity index is 988. The highest BCUT2D eigenvalue weighted by Crippen LogP contribution is 2.39. The summed E-state index contributed by atoms with van der Waals surface area (Å²) in [5.41, 5.74) is 7.11. The van der Waals surface area contributed by atoms with Gasteiger partial charge in [0.1, 0.15) is 5.75 Å². The minimum Gasteiger partial charge on any atom is -0.494 e. The zero-order valence-electron chi connectivity index (χ0n) is 18.4. The van der Waals surface area contributed by atoms with Crippen molar-refractivity contribution in [2.75, 3.05) is 6.61 Å². The van der Waals surface area contributed by atoms with Crippen LogP contribution in [0.5, 0.6) is 5.75 Å². The number of primary amides is 1. The van der Waals surface area contributed by atoms with Crippen LogP contribution in [0, 0.1) is 0 Å². The monoisotopic (exact) mass is 438 g/mol. The lowest BCUT2D eigenvalue weighted by molar-refractivity contribution is -0.131. The molecule has 0 bridgehead atoms. The lowest BCUT2D eigenvalue weighted by Gasteiger charge is -2.33. The second kappa shape index (κ2) is 9.84. The van der Waals surface area contributed by atoms with Crippen molar-refractivity contribution in [3.63, 3.8) is 0 Å². The van der Waals surface area contributed by atoms with Gasteiger partial charge in [-0.3, -0.25) is 14.9 Å². The van der Waals surface area contributed by atoms with E-state index >= 15 is 0 Å². The van der Waals surface area contributed by atoms with Crippen LogP contribution in [-0.4, -0.2) is 44.9 Å². The molecule has 1 saturated heterocycles. The summed E-state index contributed by atoms with van der Waals surface area (Å²) in [5.74, 6) is 0.0208. The number of carbonyl (C=O) groups excluding carboxylic acids is 2. The number of guanidine groups is 1. The average molecular weight is 439 g/mol. The predicted octanol–water partition coefficient (Wildman–Crippen LogP) is 2.65. The summed E-state index contributed by atoms with van der Waals surface area (Å²) in [6.07, 6.45) is 12.7. The molecule has 0 saturated carbocycles. The maximum atomic E-state index is 12.1. The van der Waals surface area contributed by atoms with E-state index in [1.807, 2.05) is 43.8 Å². The third-order valence-corrected chi connectivity index (χ3v) is 6.01. The standard InChI is InChI=1S/C23H30N6O3/c1-16-18-14-17(32-13-7-5-3-2-4-6-11-28-12-10-25-15-28)8-9-19(18)26-23-27-22(31)20(21(24)30)29(16)23/h8-10,12,14-16,20H,2-7,11,13H2,1H3,(H2,24,30)(H,26,27,31). The summed E-state index contributed by atoms with van der Waals surface area (Å²) in [5, 5.41) is 2.65. The molecule has 2 unspecified atom stereocenters. The quantitative estimate of drug-likeness (QED) is 0.413. The van der Waals surface area contributed by atoms with Crippen LogP contribution in [-0.2, 0) is 16.1 Å². The summed E-state index contributed by atoms with van der Waals surface area (Å²) >= 11 is 0. The summed E-state index contributed by atoms with van der Waals surface area (Å²) in [7, 11) is 0. The lowest BCUT2D eigenvalue weighted by atomic mass is 10.0. The van der Waals surface area contributed by atoms with E-state index in [2.05, 4.69) is 19.9 Å². The Morgan fingerprint density at radius 2 is 1.97 bits per heavy atom. The third-order valence-electron chi connectivity index (χ3n) is 6.01. The van der Waals surface area contributed by atoms with Crippen molar-refractivity contribution in [1.29, 1.82) is 0 Å². The third kappa shape index (κ3) is 4.76. The van der Waals surface area contributed by atoms with Crippen LogP contribution in [0.1, 0.15) is 57.1 Å². The number of fused-ring (bicyclic) bond motifs is 2. The number of nitrogens with one attached hydrogen (secondary N) is 1. The summed E-state index contributed by atoms with van der Waals surface area (Å²) in [6.45, 7) is 3.62. The van der Waals surface area contributed by atoms with Crippen molar-refractivity contribution in [3.05, 3.63) is 42.5 Å². The van der Waals surface area contributed by atoms with Crippen molar-refractivity contribution in [1.82, 2.24) is 19.8 Å². The molecule has 1 fully saturated rings. The Hall–Kier alpha value is -3.36. The van der Waals surface area contributed by atoms with Gasteiger partial charge in [0, 0.05) is 24.5 Å². The van der Waals surface area contributed by atoms with Crippen LogP contribution in [0.3, 0.4) is 0 Å². The van der Waals surface area contributed by atoms with E-state index in [9.17, 15) is 9.59 Å². The molecular formula is C23H30N6O3. The number of aliphatic imine (C=N–C) groups is 1. The maximum absolute atomic E-state index is 12.1. The smallest absolute Gasteiger partial charge is 0.259 e. The van der Waals surface area contributed by atoms with Gasteiger partial charge in [-0.15, -0.1) is 0 Å². The summed E-state index contributed by atoms with van der Waals surface area (Å²) < 4.78 is 8.07. The fraction of sp³-hybridized carbons (Fsp3) is 0.478. The number of aromatic nitrogens is 2. The molecule has 32 heavy (non-hydrogen) atoms.